The number of rotatable bonds is 9. The molecule has 1 heterocycles. The van der Waals surface area contributed by atoms with Crippen LogP contribution in [0.25, 0.3) is 22.3 Å². The van der Waals surface area contributed by atoms with Gasteiger partial charge < -0.3 is 19.5 Å². The molecule has 43 heavy (non-hydrogen) atoms. The van der Waals surface area contributed by atoms with Gasteiger partial charge in [0.15, 0.2) is 8.32 Å². The van der Waals surface area contributed by atoms with Gasteiger partial charge in [0, 0.05) is 24.2 Å². The summed E-state index contributed by atoms with van der Waals surface area (Å²) in [5.41, 5.74) is 5.92. The molecule has 7 heteroatoms. The van der Waals surface area contributed by atoms with Crippen molar-refractivity contribution in [3.05, 3.63) is 102 Å². The Bertz CT molecular complexity index is 1630. The molecule has 1 aliphatic heterocycles. The van der Waals surface area contributed by atoms with Crippen molar-refractivity contribution >= 4 is 19.9 Å². The van der Waals surface area contributed by atoms with E-state index < -0.39 is 8.32 Å². The van der Waals surface area contributed by atoms with Crippen molar-refractivity contribution in [1.29, 1.82) is 0 Å². The lowest BCUT2D eigenvalue weighted by Gasteiger charge is -2.39. The molecule has 0 bridgehead atoms. The zero-order valence-electron chi connectivity index (χ0n) is 25.5. The maximum absolute atomic E-state index is 13.9. The highest BCUT2D eigenvalue weighted by atomic mass is 28.4. The summed E-state index contributed by atoms with van der Waals surface area (Å²) >= 11 is 0. The Kier molecular flexibility index (Phi) is 8.50. The number of β-lactam (4-membered cyclic amide) rings is 1. The van der Waals surface area contributed by atoms with Crippen molar-refractivity contribution < 1.29 is 23.8 Å². The Labute approximate surface area is 254 Å². The SMILES string of the molecule is CC(C)(C)[Si](C)(C)O[C@@H](CCc1cc(N2CCC2=O)ccc1-c1ccc(-c2cccc(O)c2)cc1O)c1ccc(F)cc1. The van der Waals surface area contributed by atoms with E-state index in [1.165, 1.54) is 12.1 Å². The van der Waals surface area contributed by atoms with E-state index in [-0.39, 0.29) is 34.4 Å². The van der Waals surface area contributed by atoms with Crippen LogP contribution in [-0.2, 0) is 15.6 Å². The second kappa shape index (κ2) is 12.0. The van der Waals surface area contributed by atoms with E-state index in [1.54, 1.807) is 41.3 Å². The zero-order chi connectivity index (χ0) is 30.9. The molecule has 4 aromatic rings. The number of aromatic hydroxyl groups is 2. The van der Waals surface area contributed by atoms with Gasteiger partial charge in [-0.25, -0.2) is 4.39 Å². The third-order valence-electron chi connectivity index (χ3n) is 8.88. The number of hydrogen-bond donors (Lipinski definition) is 2. The quantitative estimate of drug-likeness (QED) is 0.149. The number of carbonyl (C=O) groups is 1. The number of phenolic OH excluding ortho intramolecular Hbond substituents is 2. The number of phenols is 2. The van der Waals surface area contributed by atoms with E-state index in [0.717, 1.165) is 33.5 Å². The van der Waals surface area contributed by atoms with Gasteiger partial charge in [0.1, 0.15) is 17.3 Å². The first-order valence-corrected chi connectivity index (χ1v) is 17.7. The summed E-state index contributed by atoms with van der Waals surface area (Å²) in [6.45, 7) is 11.7. The van der Waals surface area contributed by atoms with Crippen molar-refractivity contribution in [3.8, 4) is 33.8 Å². The molecule has 1 atom stereocenters. The number of amides is 1. The fraction of sp³-hybridized carbons (Fsp3) is 0.306. The third-order valence-corrected chi connectivity index (χ3v) is 13.4. The van der Waals surface area contributed by atoms with Gasteiger partial charge >= 0.3 is 0 Å². The normalized spacial score (nSPS) is 14.5. The first kappa shape index (κ1) is 30.5. The highest BCUT2D eigenvalue weighted by molar-refractivity contribution is 6.74. The maximum atomic E-state index is 13.9. The van der Waals surface area contributed by atoms with E-state index in [4.69, 9.17) is 4.43 Å². The first-order valence-electron chi connectivity index (χ1n) is 14.8. The molecule has 0 saturated carbocycles. The minimum absolute atomic E-state index is 0.00268. The standard InChI is InChI=1S/C36H40FNO4Si/c1-36(2,3)43(4,5)42-34(24-9-13-28(37)14-10-24)18-12-27-21-29(38-20-19-35(38)41)15-17-31(27)32-16-11-26(23-33(32)40)25-7-6-8-30(39)22-25/h6-11,13-17,21-23,34,39-40H,12,18-20H2,1-5H3/t34-/m0/s1. The highest BCUT2D eigenvalue weighted by Gasteiger charge is 2.39. The Hall–Kier alpha value is -3.94. The number of aryl methyl sites for hydroxylation is 1. The van der Waals surface area contributed by atoms with Crippen molar-refractivity contribution in [2.45, 2.75) is 64.3 Å². The van der Waals surface area contributed by atoms with Crippen LogP contribution in [0.15, 0.2) is 84.9 Å². The minimum Gasteiger partial charge on any atom is -0.508 e. The average molecular weight is 598 g/mol. The van der Waals surface area contributed by atoms with Gasteiger partial charge in [-0.05, 0) is 101 Å². The zero-order valence-corrected chi connectivity index (χ0v) is 26.5. The predicted molar refractivity (Wildman–Crippen MR) is 173 cm³/mol. The van der Waals surface area contributed by atoms with Crippen molar-refractivity contribution in [1.82, 2.24) is 0 Å². The number of anilines is 1. The summed E-state index contributed by atoms with van der Waals surface area (Å²) in [5.74, 6) is 0.105. The maximum Gasteiger partial charge on any atom is 0.228 e. The van der Waals surface area contributed by atoms with Crippen LogP contribution in [0.4, 0.5) is 10.1 Å². The molecular formula is C36H40FNO4Si. The van der Waals surface area contributed by atoms with Crippen molar-refractivity contribution in [2.75, 3.05) is 11.4 Å². The molecular weight excluding hydrogens is 557 g/mol. The second-order valence-corrected chi connectivity index (χ2v) is 17.6. The smallest absolute Gasteiger partial charge is 0.228 e. The number of halogens is 1. The van der Waals surface area contributed by atoms with E-state index in [0.29, 0.717) is 31.4 Å². The number of nitrogens with zero attached hydrogens (tertiary/aromatic N) is 1. The molecule has 0 spiro atoms. The lowest BCUT2D eigenvalue weighted by atomic mass is 9.91. The third kappa shape index (κ3) is 6.68. The highest BCUT2D eigenvalue weighted by Crippen LogP contribution is 2.42. The van der Waals surface area contributed by atoms with Crippen LogP contribution in [0.5, 0.6) is 11.5 Å². The van der Waals surface area contributed by atoms with Crippen LogP contribution in [0.3, 0.4) is 0 Å². The summed E-state index contributed by atoms with van der Waals surface area (Å²) in [5, 5.41) is 21.1. The molecule has 5 rings (SSSR count). The van der Waals surface area contributed by atoms with Crippen LogP contribution >= 0.6 is 0 Å². The van der Waals surface area contributed by atoms with Gasteiger partial charge in [0.05, 0.1) is 6.10 Å². The molecule has 0 radical (unpaired) electrons. The summed E-state index contributed by atoms with van der Waals surface area (Å²) < 4.78 is 20.8. The fourth-order valence-corrected chi connectivity index (χ4v) is 6.54. The summed E-state index contributed by atoms with van der Waals surface area (Å²) in [7, 11) is -2.17. The molecule has 1 saturated heterocycles. The Morgan fingerprint density at radius 3 is 2.21 bits per heavy atom. The van der Waals surface area contributed by atoms with Gasteiger partial charge in [-0.1, -0.05) is 63.2 Å². The molecule has 0 unspecified atom stereocenters. The molecule has 0 aromatic heterocycles. The predicted octanol–water partition coefficient (Wildman–Crippen LogP) is 9.00. The first-order chi connectivity index (χ1) is 20.3. The largest absolute Gasteiger partial charge is 0.508 e. The average Bonchev–Trinajstić information content (AvgIpc) is 2.94. The molecule has 1 amide bonds. The van der Waals surface area contributed by atoms with E-state index in [2.05, 4.69) is 33.9 Å². The van der Waals surface area contributed by atoms with Gasteiger partial charge in [-0.2, -0.15) is 0 Å². The number of hydrogen-bond acceptors (Lipinski definition) is 4. The molecule has 224 valence electrons. The second-order valence-electron chi connectivity index (χ2n) is 12.9. The Morgan fingerprint density at radius 1 is 0.907 bits per heavy atom. The monoisotopic (exact) mass is 597 g/mol. The molecule has 1 aliphatic rings. The fourth-order valence-electron chi connectivity index (χ4n) is 5.22. The van der Waals surface area contributed by atoms with Crippen molar-refractivity contribution in [3.63, 3.8) is 0 Å². The minimum atomic E-state index is -2.17. The van der Waals surface area contributed by atoms with E-state index in [9.17, 15) is 19.4 Å². The lowest BCUT2D eigenvalue weighted by Crippen LogP contribution is -2.43. The molecule has 5 nitrogen and oxygen atoms in total. The molecule has 1 fully saturated rings. The van der Waals surface area contributed by atoms with Gasteiger partial charge in [-0.15, -0.1) is 0 Å². The number of benzene rings is 4. The van der Waals surface area contributed by atoms with Crippen LogP contribution in [0.2, 0.25) is 18.1 Å². The molecule has 2 N–H and O–H groups in total. The van der Waals surface area contributed by atoms with E-state index in [1.807, 2.05) is 36.4 Å². The Morgan fingerprint density at radius 2 is 1.60 bits per heavy atom. The van der Waals surface area contributed by atoms with E-state index >= 15 is 0 Å². The van der Waals surface area contributed by atoms with Gasteiger partial charge in [0.25, 0.3) is 0 Å². The van der Waals surface area contributed by atoms with Gasteiger partial charge in [-0.3, -0.25) is 4.79 Å². The molecule has 0 aliphatic carbocycles. The summed E-state index contributed by atoms with van der Waals surface area (Å²) in [6.07, 6.45) is 1.56. The van der Waals surface area contributed by atoms with Crippen molar-refractivity contribution in [2.24, 2.45) is 0 Å². The van der Waals surface area contributed by atoms with Gasteiger partial charge in [0.2, 0.25) is 5.91 Å². The lowest BCUT2D eigenvalue weighted by molar-refractivity contribution is -0.122. The number of carbonyl (C=O) groups excluding carboxylic acids is 1. The van der Waals surface area contributed by atoms with Crippen LogP contribution < -0.4 is 4.90 Å². The van der Waals surface area contributed by atoms with Crippen LogP contribution in [-0.4, -0.2) is 31.0 Å². The van der Waals surface area contributed by atoms with Crippen LogP contribution in [0, 0.1) is 5.82 Å². The molecule has 4 aromatic carbocycles. The summed E-state index contributed by atoms with van der Waals surface area (Å²) in [6, 6.07) is 25.0. The Balaban J connectivity index is 1.51. The summed E-state index contributed by atoms with van der Waals surface area (Å²) in [4.78, 5) is 14.1. The van der Waals surface area contributed by atoms with Crippen LogP contribution in [0.1, 0.15) is 50.8 Å². The topological polar surface area (TPSA) is 70.0 Å².